The lowest BCUT2D eigenvalue weighted by molar-refractivity contribution is 0.0199. The lowest BCUT2D eigenvalue weighted by atomic mass is 10.0. The van der Waals surface area contributed by atoms with E-state index < -0.39 is 17.2 Å². The first-order chi connectivity index (χ1) is 18.1. The molecule has 2 aliphatic heterocycles. The number of amides is 2. The van der Waals surface area contributed by atoms with Gasteiger partial charge in [0.15, 0.2) is 0 Å². The molecule has 2 fully saturated rings. The zero-order valence-corrected chi connectivity index (χ0v) is 21.9. The second kappa shape index (κ2) is 10.2. The number of halogens is 2. The van der Waals surface area contributed by atoms with E-state index in [4.69, 9.17) is 4.74 Å². The predicted octanol–water partition coefficient (Wildman–Crippen LogP) is 5.08. The number of carbonyl (C=O) groups excluding carboxylic acids is 2. The highest BCUT2D eigenvalue weighted by atomic mass is 19.1. The van der Waals surface area contributed by atoms with Gasteiger partial charge in [-0.05, 0) is 76.8 Å². The topological polar surface area (TPSA) is 79.2 Å². The van der Waals surface area contributed by atoms with Crippen LogP contribution in [0.2, 0.25) is 0 Å². The molecule has 2 saturated heterocycles. The molecule has 38 heavy (non-hydrogen) atoms. The number of piperidine rings is 1. The van der Waals surface area contributed by atoms with Crippen LogP contribution < -0.4 is 10.2 Å². The molecule has 1 N–H and O–H groups in total. The van der Waals surface area contributed by atoms with E-state index in [9.17, 15) is 18.4 Å². The molecular formula is C28H33F2N5O3. The lowest BCUT2D eigenvalue weighted by Gasteiger charge is -2.33. The van der Waals surface area contributed by atoms with Crippen LogP contribution in [0.15, 0.2) is 42.7 Å². The van der Waals surface area contributed by atoms with Crippen molar-refractivity contribution in [2.24, 2.45) is 0 Å². The lowest BCUT2D eigenvalue weighted by Crippen LogP contribution is -2.47. The molecule has 0 saturated carbocycles. The highest BCUT2D eigenvalue weighted by Crippen LogP contribution is 2.38. The molecule has 0 spiro atoms. The number of pyridine rings is 1. The van der Waals surface area contributed by atoms with Crippen LogP contribution in [0, 0.1) is 11.6 Å². The quantitative estimate of drug-likeness (QED) is 0.514. The minimum absolute atomic E-state index is 0.0711. The molecule has 8 nitrogen and oxygen atoms in total. The first-order valence-electron chi connectivity index (χ1n) is 13.1. The van der Waals surface area contributed by atoms with Crippen molar-refractivity contribution in [1.82, 2.24) is 19.8 Å². The predicted molar refractivity (Wildman–Crippen MR) is 139 cm³/mol. The van der Waals surface area contributed by atoms with Gasteiger partial charge in [0, 0.05) is 43.1 Å². The van der Waals surface area contributed by atoms with Crippen molar-refractivity contribution in [2.75, 3.05) is 24.5 Å². The Morgan fingerprint density at radius 1 is 1.05 bits per heavy atom. The first kappa shape index (κ1) is 25.9. The molecule has 4 heterocycles. The Hall–Kier alpha value is -3.69. The molecule has 2 amide bonds. The van der Waals surface area contributed by atoms with E-state index >= 15 is 0 Å². The van der Waals surface area contributed by atoms with Crippen LogP contribution >= 0.6 is 0 Å². The van der Waals surface area contributed by atoms with E-state index in [-0.39, 0.29) is 24.1 Å². The van der Waals surface area contributed by atoms with Crippen molar-refractivity contribution in [3.8, 4) is 0 Å². The molecule has 1 unspecified atom stereocenters. The van der Waals surface area contributed by atoms with Crippen LogP contribution in [-0.2, 0) is 4.74 Å². The fourth-order valence-corrected chi connectivity index (χ4v) is 5.29. The average Bonchev–Trinajstić information content (AvgIpc) is 3.52. The van der Waals surface area contributed by atoms with Crippen LogP contribution in [0.1, 0.15) is 68.4 Å². The number of hydrogen-bond donors (Lipinski definition) is 1. The molecule has 10 heteroatoms. The Bertz CT molecular complexity index is 1340. The van der Waals surface area contributed by atoms with Crippen molar-refractivity contribution in [1.29, 1.82) is 0 Å². The van der Waals surface area contributed by atoms with Crippen LogP contribution in [0.4, 0.5) is 19.3 Å². The number of likely N-dealkylation sites (tertiary alicyclic amines) is 1. The summed E-state index contributed by atoms with van der Waals surface area (Å²) in [6, 6.07) is 6.96. The number of carbonyl (C=O) groups is 2. The Labute approximate surface area is 220 Å². The monoisotopic (exact) mass is 525 g/mol. The Balaban J connectivity index is 1.29. The molecule has 0 aliphatic carbocycles. The maximum atomic E-state index is 14.6. The van der Waals surface area contributed by atoms with Crippen LogP contribution in [-0.4, -0.2) is 57.8 Å². The molecule has 0 bridgehead atoms. The molecule has 1 aromatic carbocycles. The third-order valence-electron chi connectivity index (χ3n) is 7.13. The number of aromatic nitrogens is 2. The summed E-state index contributed by atoms with van der Waals surface area (Å²) in [5, 5.41) is 7.41. The van der Waals surface area contributed by atoms with Crippen molar-refractivity contribution in [3.63, 3.8) is 0 Å². The van der Waals surface area contributed by atoms with E-state index in [1.807, 2.05) is 32.9 Å². The average molecular weight is 526 g/mol. The summed E-state index contributed by atoms with van der Waals surface area (Å²) in [4.78, 5) is 29.3. The van der Waals surface area contributed by atoms with E-state index in [2.05, 4.69) is 15.3 Å². The molecule has 2 aliphatic rings. The van der Waals surface area contributed by atoms with Crippen LogP contribution in [0.25, 0.3) is 5.52 Å². The number of nitrogens with zero attached hydrogens (tertiary/aromatic N) is 4. The number of hydrogen-bond acceptors (Lipinski definition) is 5. The fraction of sp³-hybridized carbons (Fsp3) is 0.464. The molecule has 3 aromatic rings. The SMILES string of the molecule is CC(C)(C)OC(=O)N1CCC(NC(=O)c2cnn3ccc(N4CCCC4c4cc(F)ccc4F)cc23)CC1. The zero-order chi connectivity index (χ0) is 27.0. The summed E-state index contributed by atoms with van der Waals surface area (Å²) < 4.78 is 35.5. The van der Waals surface area contributed by atoms with Gasteiger partial charge in [0.2, 0.25) is 0 Å². The van der Waals surface area contributed by atoms with Gasteiger partial charge in [-0.3, -0.25) is 4.79 Å². The summed E-state index contributed by atoms with van der Waals surface area (Å²) in [6.45, 7) is 7.22. The summed E-state index contributed by atoms with van der Waals surface area (Å²) in [5.41, 5.74) is 1.69. The first-order valence-corrected chi connectivity index (χ1v) is 13.1. The second-order valence-electron chi connectivity index (χ2n) is 11.0. The highest BCUT2D eigenvalue weighted by molar-refractivity contribution is 6.01. The van der Waals surface area contributed by atoms with Crippen molar-refractivity contribution >= 4 is 23.2 Å². The van der Waals surface area contributed by atoms with Crippen molar-refractivity contribution in [2.45, 2.75) is 64.1 Å². The minimum atomic E-state index is -0.551. The van der Waals surface area contributed by atoms with Crippen molar-refractivity contribution < 1.29 is 23.1 Å². The van der Waals surface area contributed by atoms with E-state index in [0.29, 0.717) is 55.5 Å². The standard InChI is InChI=1S/C28H33F2N5O3/c1-28(2,3)38-27(37)33-12-8-19(9-13-33)32-26(36)22-17-31-35-14-10-20(16-25(22)35)34-11-4-5-24(34)21-15-18(29)6-7-23(21)30/h6-7,10,14-17,19,24H,4-5,8-9,11-13H2,1-3H3,(H,32,36). The second-order valence-corrected chi connectivity index (χ2v) is 11.0. The van der Waals surface area contributed by atoms with Crippen molar-refractivity contribution in [3.05, 3.63) is 65.5 Å². The van der Waals surface area contributed by atoms with Gasteiger partial charge in [-0.15, -0.1) is 0 Å². The zero-order valence-electron chi connectivity index (χ0n) is 21.9. The van der Waals surface area contributed by atoms with E-state index in [1.165, 1.54) is 18.3 Å². The number of benzene rings is 1. The van der Waals surface area contributed by atoms with Crippen LogP contribution in [0.5, 0.6) is 0 Å². The molecular weight excluding hydrogens is 492 g/mol. The minimum Gasteiger partial charge on any atom is -0.444 e. The van der Waals surface area contributed by atoms with Gasteiger partial charge in [0.1, 0.15) is 17.2 Å². The Morgan fingerprint density at radius 2 is 1.82 bits per heavy atom. The molecule has 202 valence electrons. The summed E-state index contributed by atoms with van der Waals surface area (Å²) in [7, 11) is 0. The number of ether oxygens (including phenoxy) is 1. The molecule has 0 radical (unpaired) electrons. The Morgan fingerprint density at radius 3 is 2.55 bits per heavy atom. The third-order valence-corrected chi connectivity index (χ3v) is 7.13. The maximum absolute atomic E-state index is 14.6. The smallest absolute Gasteiger partial charge is 0.410 e. The van der Waals surface area contributed by atoms with Gasteiger partial charge >= 0.3 is 6.09 Å². The summed E-state index contributed by atoms with van der Waals surface area (Å²) in [6.07, 6.45) is 5.79. The third kappa shape index (κ3) is 5.44. The number of nitrogens with one attached hydrogen (secondary N) is 1. The summed E-state index contributed by atoms with van der Waals surface area (Å²) in [5.74, 6) is -1.12. The Kier molecular flexibility index (Phi) is 6.98. The van der Waals surface area contributed by atoms with Gasteiger partial charge in [0.25, 0.3) is 5.91 Å². The normalized spacial score (nSPS) is 18.7. The molecule has 5 rings (SSSR count). The van der Waals surface area contributed by atoms with Crippen LogP contribution in [0.3, 0.4) is 0 Å². The van der Waals surface area contributed by atoms with Gasteiger partial charge in [-0.25, -0.2) is 18.1 Å². The van der Waals surface area contributed by atoms with E-state index in [1.54, 1.807) is 15.6 Å². The van der Waals surface area contributed by atoms with Gasteiger partial charge in [0.05, 0.1) is 23.3 Å². The number of fused-ring (bicyclic) bond motifs is 1. The highest BCUT2D eigenvalue weighted by Gasteiger charge is 2.30. The maximum Gasteiger partial charge on any atom is 0.410 e. The van der Waals surface area contributed by atoms with Gasteiger partial charge < -0.3 is 19.9 Å². The van der Waals surface area contributed by atoms with E-state index in [0.717, 1.165) is 18.2 Å². The summed E-state index contributed by atoms with van der Waals surface area (Å²) >= 11 is 0. The largest absolute Gasteiger partial charge is 0.444 e. The molecule has 1 atom stereocenters. The fourth-order valence-electron chi connectivity index (χ4n) is 5.29. The number of anilines is 1. The van der Waals surface area contributed by atoms with Gasteiger partial charge in [-0.2, -0.15) is 5.10 Å². The van der Waals surface area contributed by atoms with Gasteiger partial charge in [-0.1, -0.05) is 0 Å². The number of rotatable bonds is 4. The molecule has 2 aromatic heterocycles.